The second-order valence-corrected chi connectivity index (χ2v) is 5.68. The number of H-pyrrole nitrogens is 1. The van der Waals surface area contributed by atoms with Gasteiger partial charge < -0.3 is 15.4 Å². The zero-order valence-corrected chi connectivity index (χ0v) is 11.7. The number of halogens is 1. The van der Waals surface area contributed by atoms with Crippen LogP contribution in [0.3, 0.4) is 0 Å². The summed E-state index contributed by atoms with van der Waals surface area (Å²) in [5, 5.41) is 13.0. The average Bonchev–Trinajstić information content (AvgIpc) is 2.84. The van der Waals surface area contributed by atoms with Crippen molar-refractivity contribution in [2.45, 2.75) is 37.6 Å². The molecule has 2 heterocycles. The highest BCUT2D eigenvalue weighted by atomic mass is 35.5. The lowest BCUT2D eigenvalue weighted by Crippen LogP contribution is -2.36. The van der Waals surface area contributed by atoms with Crippen LogP contribution in [-0.2, 0) is 0 Å². The van der Waals surface area contributed by atoms with Gasteiger partial charge >= 0.3 is 6.09 Å². The molecule has 0 radical (unpaired) electrons. The van der Waals surface area contributed by atoms with Gasteiger partial charge in [-0.25, -0.2) is 9.78 Å². The maximum Gasteiger partial charge on any atom is 0.404 e. The number of nitrogens with one attached hydrogen (secondary N) is 2. The van der Waals surface area contributed by atoms with Crippen LogP contribution in [0.5, 0.6) is 0 Å². The van der Waals surface area contributed by atoms with Crippen LogP contribution in [0.15, 0.2) is 18.3 Å². The molecule has 0 spiro atoms. The van der Waals surface area contributed by atoms with Crippen molar-refractivity contribution in [2.24, 2.45) is 0 Å². The van der Waals surface area contributed by atoms with E-state index in [1.165, 1.54) is 0 Å². The molecule has 2 aromatic heterocycles. The first-order valence-corrected chi connectivity index (χ1v) is 7.14. The highest BCUT2D eigenvalue weighted by Crippen LogP contribution is 2.34. The van der Waals surface area contributed by atoms with Crippen molar-refractivity contribution in [1.82, 2.24) is 15.3 Å². The molecule has 0 bridgehead atoms. The second-order valence-electron chi connectivity index (χ2n) is 5.28. The highest BCUT2D eigenvalue weighted by Gasteiger charge is 2.24. The van der Waals surface area contributed by atoms with Gasteiger partial charge in [0.1, 0.15) is 5.65 Å². The summed E-state index contributed by atoms with van der Waals surface area (Å²) in [6.45, 7) is 0. The van der Waals surface area contributed by atoms with Crippen molar-refractivity contribution in [3.63, 3.8) is 0 Å². The number of amides is 1. The molecule has 0 aromatic carbocycles. The van der Waals surface area contributed by atoms with Crippen LogP contribution in [0.25, 0.3) is 11.0 Å². The Labute approximate surface area is 121 Å². The number of rotatable bonds is 2. The third kappa shape index (κ3) is 2.58. The number of aromatic amines is 1. The van der Waals surface area contributed by atoms with Crippen LogP contribution in [-0.4, -0.2) is 27.2 Å². The minimum atomic E-state index is -0.935. The lowest BCUT2D eigenvalue weighted by atomic mass is 9.84. The molecule has 106 valence electrons. The smallest absolute Gasteiger partial charge is 0.404 e. The summed E-state index contributed by atoms with van der Waals surface area (Å²) in [4.78, 5) is 18.2. The van der Waals surface area contributed by atoms with Crippen LogP contribution in [0.2, 0.25) is 5.02 Å². The van der Waals surface area contributed by atoms with E-state index in [0.717, 1.165) is 42.4 Å². The van der Waals surface area contributed by atoms with Crippen LogP contribution in [0.4, 0.5) is 4.79 Å². The van der Waals surface area contributed by atoms with Gasteiger partial charge in [-0.05, 0) is 43.7 Å². The average molecular weight is 294 g/mol. The van der Waals surface area contributed by atoms with Gasteiger partial charge in [0.05, 0.1) is 5.02 Å². The van der Waals surface area contributed by atoms with Crippen molar-refractivity contribution in [1.29, 1.82) is 0 Å². The molecule has 2 aromatic rings. The largest absolute Gasteiger partial charge is 0.465 e. The maximum atomic E-state index is 10.6. The first kappa shape index (κ1) is 13.2. The number of aromatic nitrogens is 2. The van der Waals surface area contributed by atoms with Gasteiger partial charge in [-0.2, -0.15) is 0 Å². The van der Waals surface area contributed by atoms with E-state index in [0.29, 0.717) is 10.9 Å². The topological polar surface area (TPSA) is 78.0 Å². The van der Waals surface area contributed by atoms with Gasteiger partial charge in [0.15, 0.2) is 0 Å². The van der Waals surface area contributed by atoms with Crippen LogP contribution >= 0.6 is 11.6 Å². The van der Waals surface area contributed by atoms with Gasteiger partial charge in [0.2, 0.25) is 0 Å². The van der Waals surface area contributed by atoms with Gasteiger partial charge in [-0.15, -0.1) is 0 Å². The van der Waals surface area contributed by atoms with E-state index >= 15 is 0 Å². The van der Waals surface area contributed by atoms with Gasteiger partial charge in [0, 0.05) is 23.3 Å². The molecule has 1 aliphatic carbocycles. The Hall–Kier alpha value is -1.75. The van der Waals surface area contributed by atoms with E-state index in [2.05, 4.69) is 21.4 Å². The molecule has 1 fully saturated rings. The first-order valence-electron chi connectivity index (χ1n) is 6.76. The number of carboxylic acid groups (broad SMARTS) is 1. The molecule has 0 atom stereocenters. The van der Waals surface area contributed by atoms with Crippen molar-refractivity contribution < 1.29 is 9.90 Å². The summed E-state index contributed by atoms with van der Waals surface area (Å²) in [7, 11) is 0. The van der Waals surface area contributed by atoms with Crippen molar-refractivity contribution in [3.05, 3.63) is 29.0 Å². The fourth-order valence-corrected chi connectivity index (χ4v) is 3.16. The lowest BCUT2D eigenvalue weighted by molar-refractivity contribution is 0.185. The van der Waals surface area contributed by atoms with E-state index in [4.69, 9.17) is 16.7 Å². The molecule has 1 amide bonds. The summed E-state index contributed by atoms with van der Waals surface area (Å²) >= 11 is 6.15. The third-order valence-electron chi connectivity index (χ3n) is 3.99. The molecule has 5 nitrogen and oxygen atoms in total. The standard InChI is InChI=1S/C14H16ClN3O2/c15-11-5-6-16-13-10(11)7-12(18-13)8-1-3-9(4-2-8)17-14(19)20/h5-9,17H,1-4H2,(H,16,18)(H,19,20)/t8-,9-. The van der Waals surface area contributed by atoms with Gasteiger partial charge in [0.25, 0.3) is 0 Å². The Balaban J connectivity index is 1.73. The minimum Gasteiger partial charge on any atom is -0.465 e. The summed E-state index contributed by atoms with van der Waals surface area (Å²) in [6, 6.07) is 3.94. The van der Waals surface area contributed by atoms with Crippen molar-refractivity contribution >= 4 is 28.7 Å². The van der Waals surface area contributed by atoms with E-state index in [1.807, 2.05) is 0 Å². The zero-order valence-electron chi connectivity index (χ0n) is 10.9. The third-order valence-corrected chi connectivity index (χ3v) is 4.32. The van der Waals surface area contributed by atoms with E-state index in [9.17, 15) is 4.79 Å². The van der Waals surface area contributed by atoms with Crippen LogP contribution in [0.1, 0.15) is 37.3 Å². The predicted molar refractivity (Wildman–Crippen MR) is 77.3 cm³/mol. The normalized spacial score (nSPS) is 22.9. The summed E-state index contributed by atoms with van der Waals surface area (Å²) in [5.74, 6) is 0.423. The number of nitrogens with zero attached hydrogens (tertiary/aromatic N) is 1. The van der Waals surface area contributed by atoms with E-state index in [1.54, 1.807) is 12.3 Å². The maximum absolute atomic E-state index is 10.6. The quantitative estimate of drug-likeness (QED) is 0.793. The van der Waals surface area contributed by atoms with E-state index in [-0.39, 0.29) is 6.04 Å². The molecule has 20 heavy (non-hydrogen) atoms. The molecule has 3 N–H and O–H groups in total. The number of hydrogen-bond acceptors (Lipinski definition) is 2. The van der Waals surface area contributed by atoms with E-state index < -0.39 is 6.09 Å². The molecule has 1 saturated carbocycles. The SMILES string of the molecule is O=C(O)N[C@H]1CC[C@H](c2cc3c(Cl)ccnc3[nH]2)CC1. The molecular weight excluding hydrogens is 278 g/mol. The summed E-state index contributed by atoms with van der Waals surface area (Å²) in [5.41, 5.74) is 1.97. The fourth-order valence-electron chi connectivity index (χ4n) is 2.96. The number of hydrogen-bond donors (Lipinski definition) is 3. The van der Waals surface area contributed by atoms with Gasteiger partial charge in [-0.1, -0.05) is 11.6 Å². The Morgan fingerprint density at radius 3 is 2.80 bits per heavy atom. The van der Waals surface area contributed by atoms with Crippen molar-refractivity contribution in [2.75, 3.05) is 0 Å². The molecule has 3 rings (SSSR count). The molecule has 0 saturated heterocycles. The number of carbonyl (C=O) groups is 1. The zero-order chi connectivity index (χ0) is 14.1. The Kier molecular flexibility index (Phi) is 3.53. The minimum absolute atomic E-state index is 0.0786. The molecule has 6 heteroatoms. The Morgan fingerprint density at radius 2 is 2.15 bits per heavy atom. The predicted octanol–water partition coefficient (Wildman–Crippen LogP) is 3.51. The highest BCUT2D eigenvalue weighted by molar-refractivity contribution is 6.35. The van der Waals surface area contributed by atoms with Crippen LogP contribution < -0.4 is 5.32 Å². The summed E-state index contributed by atoms with van der Waals surface area (Å²) < 4.78 is 0. The van der Waals surface area contributed by atoms with Crippen molar-refractivity contribution in [3.8, 4) is 0 Å². The Bertz CT molecular complexity index is 632. The van der Waals surface area contributed by atoms with Crippen LogP contribution in [0, 0.1) is 0 Å². The number of pyridine rings is 1. The fraction of sp³-hybridized carbons (Fsp3) is 0.429. The van der Waals surface area contributed by atoms with Gasteiger partial charge in [-0.3, -0.25) is 0 Å². The number of fused-ring (bicyclic) bond motifs is 1. The molecule has 0 aliphatic heterocycles. The monoisotopic (exact) mass is 293 g/mol. The molecule has 0 unspecified atom stereocenters. The molecule has 1 aliphatic rings. The Morgan fingerprint density at radius 1 is 1.40 bits per heavy atom. The first-order chi connectivity index (χ1) is 9.63. The summed E-state index contributed by atoms with van der Waals surface area (Å²) in [6.07, 6.45) is 4.43. The molecular formula is C14H16ClN3O2. The second kappa shape index (κ2) is 5.32. The lowest BCUT2D eigenvalue weighted by Gasteiger charge is -2.27.